The second-order valence-electron chi connectivity index (χ2n) is 3.16. The van der Waals surface area contributed by atoms with E-state index in [0.717, 1.165) is 24.5 Å². The lowest BCUT2D eigenvalue weighted by molar-refractivity contribution is 0.0307. The minimum atomic E-state index is -0.542. The van der Waals surface area contributed by atoms with Crippen molar-refractivity contribution in [3.05, 3.63) is 0 Å². The van der Waals surface area contributed by atoms with Crippen LogP contribution in [0, 0.1) is 0 Å². The van der Waals surface area contributed by atoms with Crippen molar-refractivity contribution in [2.45, 2.75) is 38.3 Å². The predicted molar refractivity (Wildman–Crippen MR) is 49.6 cm³/mol. The number of unbranched alkanes of at least 4 members (excludes halogenated alkanes) is 2. The van der Waals surface area contributed by atoms with Gasteiger partial charge >= 0.3 is 0 Å². The minimum Gasteiger partial charge on any atom is -0.375 e. The highest BCUT2D eigenvalue weighted by molar-refractivity contribution is 7.99. The first-order valence-electron chi connectivity index (χ1n) is 4.32. The van der Waals surface area contributed by atoms with Crippen molar-refractivity contribution in [2.24, 2.45) is 0 Å². The summed E-state index contributed by atoms with van der Waals surface area (Å²) in [5.41, 5.74) is -0.542. The van der Waals surface area contributed by atoms with Crippen molar-refractivity contribution >= 4 is 11.8 Å². The van der Waals surface area contributed by atoms with Crippen molar-refractivity contribution < 1.29 is 5.11 Å². The van der Waals surface area contributed by atoms with Crippen LogP contribution in [-0.4, -0.2) is 22.5 Å². The fourth-order valence-corrected chi connectivity index (χ4v) is 2.34. The monoisotopic (exact) mass is 175 g/mol. The summed E-state index contributed by atoms with van der Waals surface area (Å²) in [6.45, 7) is 2.18. The van der Waals surface area contributed by atoms with Crippen molar-refractivity contribution in [1.82, 2.24) is 5.32 Å². The van der Waals surface area contributed by atoms with E-state index >= 15 is 0 Å². The summed E-state index contributed by atoms with van der Waals surface area (Å²) in [6, 6.07) is 0. The first-order chi connectivity index (χ1) is 5.27. The van der Waals surface area contributed by atoms with E-state index < -0.39 is 5.72 Å². The number of thioether (sulfide) groups is 1. The van der Waals surface area contributed by atoms with E-state index in [1.807, 2.05) is 0 Å². The van der Waals surface area contributed by atoms with Gasteiger partial charge in [-0.2, -0.15) is 0 Å². The summed E-state index contributed by atoms with van der Waals surface area (Å²) in [6.07, 6.45) is 4.51. The van der Waals surface area contributed by atoms with Gasteiger partial charge in [0, 0.05) is 11.6 Å². The van der Waals surface area contributed by atoms with Gasteiger partial charge in [-0.1, -0.05) is 19.8 Å². The van der Waals surface area contributed by atoms with Crippen LogP contribution in [0.1, 0.15) is 32.6 Å². The largest absolute Gasteiger partial charge is 0.375 e. The maximum Gasteiger partial charge on any atom is 0.125 e. The zero-order chi connectivity index (χ0) is 8.16. The zero-order valence-corrected chi connectivity index (χ0v) is 7.91. The smallest absolute Gasteiger partial charge is 0.125 e. The molecular weight excluding hydrogens is 158 g/mol. The van der Waals surface area contributed by atoms with Gasteiger partial charge in [0.25, 0.3) is 0 Å². The Morgan fingerprint density at radius 1 is 1.55 bits per heavy atom. The van der Waals surface area contributed by atoms with Gasteiger partial charge in [-0.3, -0.25) is 5.32 Å². The number of hydrogen-bond donors (Lipinski definition) is 2. The van der Waals surface area contributed by atoms with Crippen LogP contribution in [0.15, 0.2) is 0 Å². The summed E-state index contributed by atoms with van der Waals surface area (Å²) in [4.78, 5) is 0. The molecule has 1 rings (SSSR count). The molecule has 0 radical (unpaired) electrons. The lowest BCUT2D eigenvalue weighted by atomic mass is 10.1. The molecule has 0 bridgehead atoms. The zero-order valence-electron chi connectivity index (χ0n) is 7.10. The fraction of sp³-hybridized carbons (Fsp3) is 1.00. The molecule has 1 fully saturated rings. The normalized spacial score (nSPS) is 31.1. The highest BCUT2D eigenvalue weighted by Crippen LogP contribution is 2.23. The SMILES string of the molecule is CCCCCC1(O)CSCN1. The maximum atomic E-state index is 9.79. The van der Waals surface area contributed by atoms with Gasteiger partial charge in [-0.05, 0) is 12.8 Å². The summed E-state index contributed by atoms with van der Waals surface area (Å²) in [5, 5.41) is 12.9. The van der Waals surface area contributed by atoms with Gasteiger partial charge in [-0.25, -0.2) is 0 Å². The molecule has 3 heteroatoms. The van der Waals surface area contributed by atoms with Crippen molar-refractivity contribution in [3.8, 4) is 0 Å². The van der Waals surface area contributed by atoms with Crippen LogP contribution in [0.3, 0.4) is 0 Å². The van der Waals surface area contributed by atoms with Crippen LogP contribution in [0.5, 0.6) is 0 Å². The van der Waals surface area contributed by atoms with Gasteiger partial charge in [-0.15, -0.1) is 11.8 Å². The van der Waals surface area contributed by atoms with Crippen molar-refractivity contribution in [1.29, 1.82) is 0 Å². The van der Waals surface area contributed by atoms with Gasteiger partial charge in [0.15, 0.2) is 0 Å². The number of hydrogen-bond acceptors (Lipinski definition) is 3. The minimum absolute atomic E-state index is 0.542. The molecule has 0 aliphatic carbocycles. The van der Waals surface area contributed by atoms with E-state index in [1.54, 1.807) is 11.8 Å². The molecule has 1 saturated heterocycles. The number of rotatable bonds is 4. The number of aliphatic hydroxyl groups is 1. The van der Waals surface area contributed by atoms with Crippen LogP contribution in [0.25, 0.3) is 0 Å². The Morgan fingerprint density at radius 2 is 2.36 bits per heavy atom. The van der Waals surface area contributed by atoms with Crippen LogP contribution in [-0.2, 0) is 0 Å². The standard InChI is InChI=1S/C8H17NOS/c1-2-3-4-5-8(10)6-11-7-9-8/h9-10H,2-7H2,1H3. The third-order valence-corrected chi connectivity index (χ3v) is 3.07. The molecule has 11 heavy (non-hydrogen) atoms. The second-order valence-corrected chi connectivity index (χ2v) is 4.14. The lowest BCUT2D eigenvalue weighted by Gasteiger charge is -2.21. The van der Waals surface area contributed by atoms with Gasteiger partial charge < -0.3 is 5.11 Å². The van der Waals surface area contributed by atoms with E-state index in [4.69, 9.17) is 0 Å². The van der Waals surface area contributed by atoms with Crippen LogP contribution in [0.4, 0.5) is 0 Å². The van der Waals surface area contributed by atoms with Crippen LogP contribution >= 0.6 is 11.8 Å². The average molecular weight is 175 g/mol. The third-order valence-electron chi connectivity index (χ3n) is 2.04. The molecule has 0 aromatic heterocycles. The van der Waals surface area contributed by atoms with Crippen molar-refractivity contribution in [2.75, 3.05) is 11.6 Å². The van der Waals surface area contributed by atoms with Crippen LogP contribution < -0.4 is 5.32 Å². The van der Waals surface area contributed by atoms with E-state index in [9.17, 15) is 5.11 Å². The summed E-state index contributed by atoms with van der Waals surface area (Å²) < 4.78 is 0. The second kappa shape index (κ2) is 4.33. The summed E-state index contributed by atoms with van der Waals surface area (Å²) >= 11 is 1.78. The molecule has 1 unspecified atom stereocenters. The van der Waals surface area contributed by atoms with Crippen molar-refractivity contribution in [3.63, 3.8) is 0 Å². The molecule has 0 aromatic carbocycles. The highest BCUT2D eigenvalue weighted by atomic mass is 32.2. The molecule has 2 nitrogen and oxygen atoms in total. The van der Waals surface area contributed by atoms with Gasteiger partial charge in [0.2, 0.25) is 0 Å². The Kier molecular flexibility index (Phi) is 3.69. The Labute approximate surface area is 72.8 Å². The molecule has 1 heterocycles. The van der Waals surface area contributed by atoms with Gasteiger partial charge in [0.1, 0.15) is 5.72 Å². The molecule has 2 N–H and O–H groups in total. The summed E-state index contributed by atoms with van der Waals surface area (Å²) in [5.74, 6) is 1.76. The fourth-order valence-electron chi connectivity index (χ4n) is 1.28. The molecule has 0 aromatic rings. The Morgan fingerprint density at radius 3 is 2.91 bits per heavy atom. The molecule has 1 aliphatic heterocycles. The lowest BCUT2D eigenvalue weighted by Crippen LogP contribution is -2.41. The van der Waals surface area contributed by atoms with Gasteiger partial charge in [0.05, 0.1) is 0 Å². The first-order valence-corrected chi connectivity index (χ1v) is 5.47. The van der Waals surface area contributed by atoms with E-state index in [0.29, 0.717) is 0 Å². The van der Waals surface area contributed by atoms with E-state index in [-0.39, 0.29) is 0 Å². The van der Waals surface area contributed by atoms with E-state index in [2.05, 4.69) is 12.2 Å². The highest BCUT2D eigenvalue weighted by Gasteiger charge is 2.29. The molecular formula is C8H17NOS. The molecule has 0 spiro atoms. The molecule has 0 saturated carbocycles. The molecule has 1 aliphatic rings. The Balaban J connectivity index is 2.13. The average Bonchev–Trinajstić information content (AvgIpc) is 2.38. The molecule has 1 atom stereocenters. The number of nitrogens with one attached hydrogen (secondary N) is 1. The predicted octanol–water partition coefficient (Wildman–Crippen LogP) is 1.55. The van der Waals surface area contributed by atoms with Crippen LogP contribution in [0.2, 0.25) is 0 Å². The van der Waals surface area contributed by atoms with E-state index in [1.165, 1.54) is 12.8 Å². The quantitative estimate of drug-likeness (QED) is 0.636. The summed E-state index contributed by atoms with van der Waals surface area (Å²) in [7, 11) is 0. The Bertz CT molecular complexity index is 113. The first kappa shape index (κ1) is 9.36. The molecule has 66 valence electrons. The topological polar surface area (TPSA) is 32.3 Å². The maximum absolute atomic E-state index is 9.79. The third kappa shape index (κ3) is 3.01. The molecule has 0 amide bonds. The Hall–Kier alpha value is 0.270.